The molecule has 0 saturated carbocycles. The number of methoxy groups -OCH3 is 1. The number of benzene rings is 2. The zero-order valence-corrected chi connectivity index (χ0v) is 15.4. The maximum atomic E-state index is 13.3. The van der Waals surface area contributed by atoms with Crippen molar-refractivity contribution >= 4 is 44.0 Å². The summed E-state index contributed by atoms with van der Waals surface area (Å²) in [6, 6.07) is 14.7. The number of fused-ring (bicyclic) bond motifs is 3. The molecule has 0 aliphatic rings. The van der Waals surface area contributed by atoms with Gasteiger partial charge in [0.2, 0.25) is 0 Å². The zero-order chi connectivity index (χ0) is 19.1. The molecule has 0 radical (unpaired) electrons. The lowest BCUT2D eigenvalue weighted by molar-refractivity contribution is 0.0607. The molecular weight excluding hydrogens is 362 g/mol. The Hall–Kier alpha value is -3.16. The minimum Gasteiger partial charge on any atom is -0.465 e. The van der Waals surface area contributed by atoms with Crippen LogP contribution in [0.5, 0.6) is 0 Å². The van der Waals surface area contributed by atoms with Gasteiger partial charge in [0.15, 0.2) is 0 Å². The van der Waals surface area contributed by atoms with Crippen molar-refractivity contribution in [3.05, 3.63) is 69.3 Å². The molecule has 136 valence electrons. The van der Waals surface area contributed by atoms with Crippen molar-refractivity contribution in [3.8, 4) is 5.69 Å². The Morgan fingerprint density at radius 3 is 2.48 bits per heavy atom. The molecule has 0 amide bonds. The molecule has 0 saturated heterocycles. The summed E-state index contributed by atoms with van der Waals surface area (Å²) in [4.78, 5) is 26.4. The highest BCUT2D eigenvalue weighted by atomic mass is 32.1. The highest BCUT2D eigenvalue weighted by Gasteiger charge is 2.23. The Balaban J connectivity index is 2.26. The van der Waals surface area contributed by atoms with Gasteiger partial charge in [0.1, 0.15) is 9.71 Å². The molecule has 4 N–H and O–H groups in total. The van der Waals surface area contributed by atoms with Gasteiger partial charge in [0.25, 0.3) is 5.56 Å². The van der Waals surface area contributed by atoms with Crippen LogP contribution in [0.2, 0.25) is 0 Å². The lowest BCUT2D eigenvalue weighted by atomic mass is 10.1. The lowest BCUT2D eigenvalue weighted by Gasteiger charge is -2.13. The molecule has 0 aliphatic heterocycles. The van der Waals surface area contributed by atoms with Gasteiger partial charge in [-0.25, -0.2) is 4.79 Å². The molecule has 2 heterocycles. The minimum absolute atomic E-state index is 0.184. The molecule has 0 aliphatic carbocycles. The number of carbonyl (C=O) groups is 1. The van der Waals surface area contributed by atoms with Crippen molar-refractivity contribution in [1.82, 2.24) is 4.57 Å². The summed E-state index contributed by atoms with van der Waals surface area (Å²) in [7, 11) is 1.31. The summed E-state index contributed by atoms with van der Waals surface area (Å²) in [5.74, 6) is -0.524. The predicted octanol–water partition coefficient (Wildman–Crippen LogP) is 3.03. The van der Waals surface area contributed by atoms with E-state index in [2.05, 4.69) is 0 Å². The number of esters is 1. The van der Waals surface area contributed by atoms with Gasteiger partial charge < -0.3 is 16.2 Å². The number of para-hydroxylation sites is 1. The normalized spacial score (nSPS) is 11.2. The average molecular weight is 379 g/mol. The summed E-state index contributed by atoms with van der Waals surface area (Å²) in [5, 5.41) is 1.91. The van der Waals surface area contributed by atoms with Crippen LogP contribution < -0.4 is 17.0 Å². The van der Waals surface area contributed by atoms with E-state index in [4.69, 9.17) is 16.2 Å². The molecule has 0 bridgehead atoms. The van der Waals surface area contributed by atoms with Crippen molar-refractivity contribution < 1.29 is 9.53 Å². The fourth-order valence-electron chi connectivity index (χ4n) is 3.31. The standard InChI is InChI=1S/C20H17N3O3S/c1-26-20(25)17-16(22)15-12-7-3-4-8-13(12)18(24)23(19(15)27-17)14-9-5-2-6-11(14)10-21/h2-9H,10,21-22H2,1H3. The summed E-state index contributed by atoms with van der Waals surface area (Å²) >= 11 is 1.15. The molecule has 0 spiro atoms. The van der Waals surface area contributed by atoms with E-state index >= 15 is 0 Å². The Kier molecular flexibility index (Phi) is 4.18. The Bertz CT molecular complexity index is 1260. The SMILES string of the molecule is COC(=O)c1sc2c(c1N)c1ccccc1c(=O)n2-c1ccccc1CN. The van der Waals surface area contributed by atoms with E-state index in [1.54, 1.807) is 16.7 Å². The van der Waals surface area contributed by atoms with Crippen LogP contribution in [0.1, 0.15) is 15.2 Å². The van der Waals surface area contributed by atoms with Gasteiger partial charge in [0.05, 0.1) is 18.5 Å². The highest BCUT2D eigenvalue weighted by Crippen LogP contribution is 2.38. The minimum atomic E-state index is -0.524. The Labute approximate surface area is 158 Å². The van der Waals surface area contributed by atoms with E-state index in [1.807, 2.05) is 36.4 Å². The Morgan fingerprint density at radius 1 is 1.11 bits per heavy atom. The van der Waals surface area contributed by atoms with Gasteiger partial charge in [-0.1, -0.05) is 36.4 Å². The molecule has 0 atom stereocenters. The number of carbonyl (C=O) groups excluding carboxylic acids is 1. The first kappa shape index (κ1) is 17.3. The number of nitrogens with two attached hydrogens (primary N) is 2. The number of pyridine rings is 1. The number of thiophene rings is 1. The Morgan fingerprint density at radius 2 is 1.78 bits per heavy atom. The molecule has 6 nitrogen and oxygen atoms in total. The number of ether oxygens (including phenoxy) is 1. The third kappa shape index (κ3) is 2.51. The summed E-state index contributed by atoms with van der Waals surface area (Å²) in [6.45, 7) is 0.279. The van der Waals surface area contributed by atoms with Gasteiger partial charge >= 0.3 is 5.97 Å². The van der Waals surface area contributed by atoms with Crippen molar-refractivity contribution in [2.45, 2.75) is 6.54 Å². The highest BCUT2D eigenvalue weighted by molar-refractivity contribution is 7.21. The molecule has 27 heavy (non-hydrogen) atoms. The number of hydrogen-bond donors (Lipinski definition) is 2. The van der Waals surface area contributed by atoms with Crippen molar-refractivity contribution in [2.75, 3.05) is 12.8 Å². The van der Waals surface area contributed by atoms with Gasteiger partial charge in [0, 0.05) is 17.3 Å². The molecular formula is C20H17N3O3S. The third-order valence-corrected chi connectivity index (χ3v) is 5.75. The molecule has 7 heteroatoms. The number of nitrogens with zero attached hydrogens (tertiary/aromatic N) is 1. The van der Waals surface area contributed by atoms with E-state index in [1.165, 1.54) is 7.11 Å². The topological polar surface area (TPSA) is 100 Å². The fourth-order valence-corrected chi connectivity index (χ4v) is 4.48. The van der Waals surface area contributed by atoms with Gasteiger partial charge in [-0.3, -0.25) is 9.36 Å². The maximum absolute atomic E-state index is 13.3. The van der Waals surface area contributed by atoms with Crippen LogP contribution in [0, 0.1) is 0 Å². The molecule has 4 rings (SSSR count). The van der Waals surface area contributed by atoms with Crippen LogP contribution in [0.25, 0.3) is 26.7 Å². The van der Waals surface area contributed by atoms with Gasteiger partial charge in [-0.05, 0) is 23.1 Å². The van der Waals surface area contributed by atoms with Gasteiger partial charge in [-0.15, -0.1) is 11.3 Å². The molecule has 4 aromatic rings. The monoisotopic (exact) mass is 379 g/mol. The first-order valence-electron chi connectivity index (χ1n) is 8.30. The van der Waals surface area contributed by atoms with E-state index in [9.17, 15) is 9.59 Å². The van der Waals surface area contributed by atoms with E-state index in [0.29, 0.717) is 32.4 Å². The van der Waals surface area contributed by atoms with Crippen LogP contribution in [0.4, 0.5) is 5.69 Å². The molecule has 0 unspecified atom stereocenters. The van der Waals surface area contributed by atoms with E-state index in [0.717, 1.165) is 16.9 Å². The van der Waals surface area contributed by atoms with Crippen LogP contribution in [-0.4, -0.2) is 17.6 Å². The molecule has 0 fully saturated rings. The predicted molar refractivity (Wildman–Crippen MR) is 109 cm³/mol. The van der Waals surface area contributed by atoms with Crippen LogP contribution in [0.15, 0.2) is 53.3 Å². The second-order valence-corrected chi connectivity index (χ2v) is 7.03. The van der Waals surface area contributed by atoms with Gasteiger partial charge in [-0.2, -0.15) is 0 Å². The average Bonchev–Trinajstić information content (AvgIpc) is 3.05. The number of rotatable bonds is 3. The van der Waals surface area contributed by atoms with E-state index < -0.39 is 5.97 Å². The largest absolute Gasteiger partial charge is 0.465 e. The third-order valence-electron chi connectivity index (χ3n) is 4.58. The molecule has 2 aromatic carbocycles. The van der Waals surface area contributed by atoms with Crippen molar-refractivity contribution in [3.63, 3.8) is 0 Å². The quantitative estimate of drug-likeness (QED) is 0.533. The van der Waals surface area contributed by atoms with Crippen LogP contribution >= 0.6 is 11.3 Å². The van der Waals surface area contributed by atoms with Crippen molar-refractivity contribution in [2.24, 2.45) is 5.73 Å². The summed E-state index contributed by atoms with van der Waals surface area (Å²) in [6.07, 6.45) is 0. The maximum Gasteiger partial charge on any atom is 0.350 e. The number of anilines is 1. The number of nitrogen functional groups attached to an aromatic ring is 1. The van der Waals surface area contributed by atoms with Crippen LogP contribution in [-0.2, 0) is 11.3 Å². The van der Waals surface area contributed by atoms with Crippen molar-refractivity contribution in [1.29, 1.82) is 0 Å². The first-order valence-corrected chi connectivity index (χ1v) is 9.12. The smallest absolute Gasteiger partial charge is 0.350 e. The molecule has 2 aromatic heterocycles. The fraction of sp³-hybridized carbons (Fsp3) is 0.100. The number of aromatic nitrogens is 1. The summed E-state index contributed by atoms with van der Waals surface area (Å²) < 4.78 is 6.45. The van der Waals surface area contributed by atoms with Crippen LogP contribution in [0.3, 0.4) is 0 Å². The summed E-state index contributed by atoms with van der Waals surface area (Å²) in [5.41, 5.74) is 13.8. The first-order chi connectivity index (χ1) is 13.1. The second-order valence-electron chi connectivity index (χ2n) is 6.04. The van der Waals surface area contributed by atoms with E-state index in [-0.39, 0.29) is 17.0 Å². The second kappa shape index (κ2) is 6.53. The number of hydrogen-bond acceptors (Lipinski definition) is 6. The zero-order valence-electron chi connectivity index (χ0n) is 14.6. The lowest BCUT2D eigenvalue weighted by Crippen LogP contribution is -2.20.